The van der Waals surface area contributed by atoms with Crippen molar-refractivity contribution >= 4 is 29.9 Å². The van der Waals surface area contributed by atoms with E-state index in [1.54, 1.807) is 18.3 Å². The van der Waals surface area contributed by atoms with Gasteiger partial charge < -0.3 is 15.4 Å². The van der Waals surface area contributed by atoms with E-state index in [0.717, 1.165) is 12.2 Å². The molecule has 2 N–H and O–H groups in total. The largest absolute Gasteiger partial charge is 0.489 e. The summed E-state index contributed by atoms with van der Waals surface area (Å²) in [5.41, 5.74) is 0.902. The molecule has 2 rings (SSSR count). The van der Waals surface area contributed by atoms with Crippen molar-refractivity contribution in [3.63, 3.8) is 0 Å². The molecule has 0 aliphatic carbocycles. The topological polar surface area (TPSA) is 58.5 Å². The average molecular weight is 458 g/mol. The summed E-state index contributed by atoms with van der Waals surface area (Å²) in [4.78, 5) is 8.74. The lowest BCUT2D eigenvalue weighted by Gasteiger charge is -2.17. The fourth-order valence-electron chi connectivity index (χ4n) is 2.05. The number of hydrogen-bond acceptors (Lipinski definition) is 3. The molecule has 1 aromatic carbocycles. The van der Waals surface area contributed by atoms with Gasteiger partial charge in [-0.1, -0.05) is 12.1 Å². The number of pyridine rings is 1. The van der Waals surface area contributed by atoms with Crippen LogP contribution in [0.1, 0.15) is 19.5 Å². The minimum Gasteiger partial charge on any atom is -0.489 e. The molecule has 2 aromatic rings. The van der Waals surface area contributed by atoms with Crippen molar-refractivity contribution in [2.75, 3.05) is 13.1 Å². The first-order valence-electron chi connectivity index (χ1n) is 8.01. The fourth-order valence-corrected chi connectivity index (χ4v) is 2.05. The van der Waals surface area contributed by atoms with Gasteiger partial charge >= 0.3 is 0 Å². The zero-order valence-electron chi connectivity index (χ0n) is 14.4. The molecule has 0 amide bonds. The Morgan fingerprint density at radius 2 is 2.08 bits per heavy atom. The van der Waals surface area contributed by atoms with Gasteiger partial charge in [-0.3, -0.25) is 4.98 Å². The summed E-state index contributed by atoms with van der Waals surface area (Å²) in [5.74, 6) is 0.899. The van der Waals surface area contributed by atoms with Crippen LogP contribution in [0.15, 0.2) is 53.7 Å². The number of halogens is 2. The lowest BCUT2D eigenvalue weighted by Crippen LogP contribution is -2.41. The molecule has 0 saturated carbocycles. The summed E-state index contributed by atoms with van der Waals surface area (Å²) in [6.07, 6.45) is 1.62. The molecule has 1 unspecified atom stereocenters. The molecule has 7 heteroatoms. The Bertz CT molecular complexity index is 655. The number of rotatable bonds is 7. The van der Waals surface area contributed by atoms with Crippen molar-refractivity contribution in [3.8, 4) is 5.75 Å². The third kappa shape index (κ3) is 8.15. The molecule has 1 heterocycles. The number of benzene rings is 1. The first-order chi connectivity index (χ1) is 11.7. The van der Waals surface area contributed by atoms with Crippen molar-refractivity contribution in [2.24, 2.45) is 4.99 Å². The van der Waals surface area contributed by atoms with E-state index < -0.39 is 0 Å². The van der Waals surface area contributed by atoms with Gasteiger partial charge in [-0.25, -0.2) is 9.38 Å². The normalized spacial score (nSPS) is 12.0. The van der Waals surface area contributed by atoms with Crippen LogP contribution in [-0.2, 0) is 6.54 Å². The molecule has 0 fully saturated rings. The predicted molar refractivity (Wildman–Crippen MR) is 109 cm³/mol. The highest BCUT2D eigenvalue weighted by Gasteiger charge is 2.06. The number of aliphatic imine (C=N–C) groups is 1. The minimum absolute atomic E-state index is 0. The highest BCUT2D eigenvalue weighted by atomic mass is 127. The van der Waals surface area contributed by atoms with Gasteiger partial charge in [0.25, 0.3) is 0 Å². The molecule has 1 aromatic heterocycles. The number of hydrogen-bond donors (Lipinski definition) is 2. The number of nitrogens with zero attached hydrogens (tertiary/aromatic N) is 2. The number of nitrogens with one attached hydrogen (secondary N) is 2. The first kappa shape index (κ1) is 21.1. The van der Waals surface area contributed by atoms with E-state index in [1.165, 1.54) is 12.1 Å². The van der Waals surface area contributed by atoms with Crippen molar-refractivity contribution < 1.29 is 9.13 Å². The lowest BCUT2D eigenvalue weighted by molar-refractivity contribution is 0.223. The molecular formula is C18H24FIN4O. The Balaban J connectivity index is 0.00000312. The van der Waals surface area contributed by atoms with Crippen LogP contribution in [0.2, 0.25) is 0 Å². The summed E-state index contributed by atoms with van der Waals surface area (Å²) < 4.78 is 18.9. The van der Waals surface area contributed by atoms with E-state index in [0.29, 0.717) is 24.8 Å². The summed E-state index contributed by atoms with van der Waals surface area (Å²) in [7, 11) is 0. The van der Waals surface area contributed by atoms with Crippen LogP contribution in [0.4, 0.5) is 4.39 Å². The van der Waals surface area contributed by atoms with Crippen LogP contribution in [0.25, 0.3) is 0 Å². The van der Waals surface area contributed by atoms with E-state index >= 15 is 0 Å². The molecule has 0 aliphatic heterocycles. The third-order valence-electron chi connectivity index (χ3n) is 3.16. The zero-order chi connectivity index (χ0) is 17.2. The second-order valence-corrected chi connectivity index (χ2v) is 5.28. The highest BCUT2D eigenvalue weighted by Crippen LogP contribution is 2.13. The summed E-state index contributed by atoms with van der Waals surface area (Å²) in [6.45, 7) is 5.72. The summed E-state index contributed by atoms with van der Waals surface area (Å²) in [5, 5.41) is 6.39. The third-order valence-corrected chi connectivity index (χ3v) is 3.16. The molecule has 1 atom stereocenters. The van der Waals surface area contributed by atoms with Crippen LogP contribution in [0.3, 0.4) is 0 Å². The van der Waals surface area contributed by atoms with Crippen LogP contribution in [0, 0.1) is 5.82 Å². The maximum Gasteiger partial charge on any atom is 0.191 e. The van der Waals surface area contributed by atoms with E-state index in [2.05, 4.69) is 20.6 Å². The Morgan fingerprint density at radius 3 is 2.76 bits per heavy atom. The van der Waals surface area contributed by atoms with Gasteiger partial charge in [0.15, 0.2) is 5.96 Å². The zero-order valence-corrected chi connectivity index (χ0v) is 16.7. The standard InChI is InChI=1S/C18H23FN4O.HI/c1-3-20-18(23-13-16-8-4-5-10-21-16)22-12-14(2)24-17-9-6-7-15(19)11-17;/h4-11,14H,3,12-13H2,1-2H3,(H2,20,22,23);1H. The Labute approximate surface area is 165 Å². The van der Waals surface area contributed by atoms with Crippen molar-refractivity contribution in [2.45, 2.75) is 26.5 Å². The van der Waals surface area contributed by atoms with Gasteiger partial charge in [0.1, 0.15) is 17.7 Å². The summed E-state index contributed by atoms with van der Waals surface area (Å²) >= 11 is 0. The van der Waals surface area contributed by atoms with Gasteiger partial charge in [0.05, 0.1) is 18.8 Å². The highest BCUT2D eigenvalue weighted by molar-refractivity contribution is 14.0. The average Bonchev–Trinajstić information content (AvgIpc) is 2.58. The molecule has 0 spiro atoms. The van der Waals surface area contributed by atoms with Crippen molar-refractivity contribution in [3.05, 3.63) is 60.2 Å². The van der Waals surface area contributed by atoms with Crippen molar-refractivity contribution in [1.82, 2.24) is 15.6 Å². The Kier molecular flexibility index (Phi) is 9.83. The Morgan fingerprint density at radius 1 is 1.24 bits per heavy atom. The van der Waals surface area contributed by atoms with E-state index in [9.17, 15) is 4.39 Å². The molecule has 136 valence electrons. The minimum atomic E-state index is -0.307. The second kappa shape index (κ2) is 11.6. The smallest absolute Gasteiger partial charge is 0.191 e. The Hall–Kier alpha value is -1.90. The van der Waals surface area contributed by atoms with Gasteiger partial charge in [-0.15, -0.1) is 24.0 Å². The molecular weight excluding hydrogens is 434 g/mol. The van der Waals surface area contributed by atoms with Gasteiger partial charge in [0, 0.05) is 18.8 Å². The lowest BCUT2D eigenvalue weighted by atomic mass is 10.3. The molecule has 0 aliphatic rings. The molecule has 0 saturated heterocycles. The first-order valence-corrected chi connectivity index (χ1v) is 8.01. The van der Waals surface area contributed by atoms with Crippen LogP contribution in [0.5, 0.6) is 5.75 Å². The van der Waals surface area contributed by atoms with Crippen LogP contribution < -0.4 is 15.4 Å². The number of aromatic nitrogens is 1. The number of guanidine groups is 1. The van der Waals surface area contributed by atoms with E-state index in [1.807, 2.05) is 32.0 Å². The van der Waals surface area contributed by atoms with Crippen LogP contribution >= 0.6 is 24.0 Å². The molecule has 0 radical (unpaired) electrons. The summed E-state index contributed by atoms with van der Waals surface area (Å²) in [6, 6.07) is 11.9. The monoisotopic (exact) mass is 458 g/mol. The van der Waals surface area contributed by atoms with E-state index in [-0.39, 0.29) is 35.9 Å². The second-order valence-electron chi connectivity index (χ2n) is 5.28. The molecule has 25 heavy (non-hydrogen) atoms. The van der Waals surface area contributed by atoms with Gasteiger partial charge in [-0.2, -0.15) is 0 Å². The van der Waals surface area contributed by atoms with Crippen molar-refractivity contribution in [1.29, 1.82) is 0 Å². The quantitative estimate of drug-likeness (QED) is 0.380. The maximum atomic E-state index is 13.2. The van der Waals surface area contributed by atoms with Crippen LogP contribution in [-0.4, -0.2) is 30.1 Å². The fraction of sp³-hybridized carbons (Fsp3) is 0.333. The maximum absolute atomic E-state index is 13.2. The van der Waals surface area contributed by atoms with Gasteiger partial charge in [0.2, 0.25) is 0 Å². The van der Waals surface area contributed by atoms with E-state index in [4.69, 9.17) is 4.74 Å². The van der Waals surface area contributed by atoms with Gasteiger partial charge in [-0.05, 0) is 38.1 Å². The SMILES string of the molecule is CCNC(=NCc1ccccn1)NCC(C)Oc1cccc(F)c1.I. The predicted octanol–water partition coefficient (Wildman–Crippen LogP) is 3.36. The number of ether oxygens (including phenoxy) is 1. The molecule has 5 nitrogen and oxygen atoms in total. The molecule has 0 bridgehead atoms.